The van der Waals surface area contributed by atoms with Crippen molar-refractivity contribution in [3.63, 3.8) is 0 Å². The quantitative estimate of drug-likeness (QED) is 0.699. The molecular formula is C17H19Cl2NO. The molecular weight excluding hydrogens is 305 g/mol. The predicted octanol–water partition coefficient (Wildman–Crippen LogP) is 5.59. The molecule has 0 radical (unpaired) electrons. The molecule has 0 fully saturated rings. The number of benzene rings is 2. The molecule has 2 rings (SSSR count). The predicted molar refractivity (Wildman–Crippen MR) is 89.7 cm³/mol. The molecule has 112 valence electrons. The van der Waals surface area contributed by atoms with Gasteiger partial charge in [0.05, 0.1) is 5.02 Å². The van der Waals surface area contributed by atoms with Gasteiger partial charge in [-0.3, -0.25) is 0 Å². The van der Waals surface area contributed by atoms with E-state index in [0.717, 1.165) is 36.4 Å². The molecule has 2 aromatic carbocycles. The van der Waals surface area contributed by atoms with E-state index in [1.807, 2.05) is 43.3 Å². The third-order valence-electron chi connectivity index (χ3n) is 3.08. The van der Waals surface area contributed by atoms with Gasteiger partial charge in [0.25, 0.3) is 0 Å². The van der Waals surface area contributed by atoms with Crippen LogP contribution in [0, 0.1) is 6.92 Å². The van der Waals surface area contributed by atoms with Gasteiger partial charge in [-0.1, -0.05) is 42.3 Å². The lowest BCUT2D eigenvalue weighted by Gasteiger charge is -2.13. The van der Waals surface area contributed by atoms with Crippen molar-refractivity contribution >= 4 is 23.2 Å². The number of hydrogen-bond donors (Lipinski definition) is 1. The average molecular weight is 324 g/mol. The highest BCUT2D eigenvalue weighted by molar-refractivity contribution is 6.32. The number of aryl methyl sites for hydroxylation is 1. The molecule has 4 heteroatoms. The fourth-order valence-corrected chi connectivity index (χ4v) is 2.41. The summed E-state index contributed by atoms with van der Waals surface area (Å²) in [4.78, 5) is 0. The molecule has 0 aliphatic heterocycles. The van der Waals surface area contributed by atoms with E-state index in [1.54, 1.807) is 0 Å². The topological polar surface area (TPSA) is 21.3 Å². The molecule has 0 aliphatic rings. The molecule has 0 amide bonds. The van der Waals surface area contributed by atoms with Crippen LogP contribution in [-0.4, -0.2) is 6.54 Å². The first-order chi connectivity index (χ1) is 10.1. The van der Waals surface area contributed by atoms with Crippen molar-refractivity contribution in [2.45, 2.75) is 26.8 Å². The number of ether oxygens (including phenoxy) is 1. The highest BCUT2D eigenvalue weighted by Crippen LogP contribution is 2.33. The van der Waals surface area contributed by atoms with Crippen LogP contribution >= 0.6 is 23.2 Å². The normalized spacial score (nSPS) is 10.7. The summed E-state index contributed by atoms with van der Waals surface area (Å²) in [5.41, 5.74) is 2.16. The Balaban J connectivity index is 2.22. The lowest BCUT2D eigenvalue weighted by Crippen LogP contribution is -2.14. The van der Waals surface area contributed by atoms with Crippen molar-refractivity contribution < 1.29 is 4.74 Å². The summed E-state index contributed by atoms with van der Waals surface area (Å²) in [5, 5.41) is 4.61. The summed E-state index contributed by atoms with van der Waals surface area (Å²) in [5.74, 6) is 1.37. The van der Waals surface area contributed by atoms with E-state index >= 15 is 0 Å². The molecule has 0 bridgehead atoms. The minimum atomic E-state index is 0.599. The maximum absolute atomic E-state index is 6.22. The summed E-state index contributed by atoms with van der Waals surface area (Å²) in [6, 6.07) is 11.4. The third kappa shape index (κ3) is 4.63. The van der Waals surface area contributed by atoms with Crippen LogP contribution in [0.3, 0.4) is 0 Å². The first-order valence-electron chi connectivity index (χ1n) is 7.03. The van der Waals surface area contributed by atoms with Crippen LogP contribution in [0.1, 0.15) is 24.5 Å². The van der Waals surface area contributed by atoms with E-state index in [-0.39, 0.29) is 0 Å². The fourth-order valence-electron chi connectivity index (χ4n) is 1.98. The molecule has 0 saturated heterocycles. The van der Waals surface area contributed by atoms with E-state index in [4.69, 9.17) is 27.9 Å². The second-order valence-electron chi connectivity index (χ2n) is 4.96. The fraction of sp³-hybridized carbons (Fsp3) is 0.294. The molecule has 0 heterocycles. The zero-order valence-electron chi connectivity index (χ0n) is 12.2. The number of nitrogens with one attached hydrogen (secondary N) is 1. The second-order valence-corrected chi connectivity index (χ2v) is 5.81. The number of halogens is 2. The lowest BCUT2D eigenvalue weighted by molar-refractivity contribution is 0.473. The molecule has 2 nitrogen and oxygen atoms in total. The van der Waals surface area contributed by atoms with Gasteiger partial charge >= 0.3 is 0 Å². The largest absolute Gasteiger partial charge is 0.455 e. The van der Waals surface area contributed by atoms with Crippen LogP contribution in [0.4, 0.5) is 0 Å². The van der Waals surface area contributed by atoms with Crippen molar-refractivity contribution in [1.29, 1.82) is 0 Å². The summed E-state index contributed by atoms with van der Waals surface area (Å²) in [6.45, 7) is 5.84. The van der Waals surface area contributed by atoms with Crippen molar-refractivity contribution in [2.24, 2.45) is 0 Å². The molecule has 0 saturated carbocycles. The smallest absolute Gasteiger partial charge is 0.146 e. The van der Waals surface area contributed by atoms with E-state index in [1.165, 1.54) is 0 Å². The SMILES string of the molecule is CCCNCc1ccc(Cl)cc1Oc1ccc(C)cc1Cl. The Bertz CT molecular complexity index is 614. The van der Waals surface area contributed by atoms with Crippen LogP contribution in [-0.2, 0) is 6.54 Å². The number of rotatable bonds is 6. The Kier molecular flexibility index (Phi) is 5.92. The maximum Gasteiger partial charge on any atom is 0.146 e. The summed E-state index contributed by atoms with van der Waals surface area (Å²) in [7, 11) is 0. The number of hydrogen-bond acceptors (Lipinski definition) is 2. The Morgan fingerprint density at radius 1 is 1.05 bits per heavy atom. The lowest BCUT2D eigenvalue weighted by atomic mass is 10.2. The minimum Gasteiger partial charge on any atom is -0.455 e. The third-order valence-corrected chi connectivity index (χ3v) is 3.61. The molecule has 0 aliphatic carbocycles. The van der Waals surface area contributed by atoms with Gasteiger partial charge in [0.1, 0.15) is 11.5 Å². The van der Waals surface area contributed by atoms with Crippen LogP contribution in [0.25, 0.3) is 0 Å². The van der Waals surface area contributed by atoms with Gasteiger partial charge in [0.15, 0.2) is 0 Å². The van der Waals surface area contributed by atoms with Crippen LogP contribution in [0.2, 0.25) is 10.0 Å². The Morgan fingerprint density at radius 3 is 2.57 bits per heavy atom. The van der Waals surface area contributed by atoms with Crippen molar-refractivity contribution in [1.82, 2.24) is 5.32 Å². The second kappa shape index (κ2) is 7.69. The Labute approximate surface area is 136 Å². The van der Waals surface area contributed by atoms with Crippen molar-refractivity contribution in [3.8, 4) is 11.5 Å². The van der Waals surface area contributed by atoms with Gasteiger partial charge in [-0.25, -0.2) is 0 Å². The zero-order chi connectivity index (χ0) is 15.2. The Morgan fingerprint density at radius 2 is 1.86 bits per heavy atom. The first-order valence-corrected chi connectivity index (χ1v) is 7.79. The van der Waals surface area contributed by atoms with E-state index < -0.39 is 0 Å². The monoisotopic (exact) mass is 323 g/mol. The van der Waals surface area contributed by atoms with Gasteiger partial charge < -0.3 is 10.1 Å². The van der Waals surface area contributed by atoms with E-state index in [2.05, 4.69) is 12.2 Å². The van der Waals surface area contributed by atoms with E-state index in [9.17, 15) is 0 Å². The maximum atomic E-state index is 6.22. The summed E-state index contributed by atoms with van der Waals surface area (Å²) in [6.07, 6.45) is 1.09. The van der Waals surface area contributed by atoms with Gasteiger partial charge in [-0.15, -0.1) is 0 Å². The van der Waals surface area contributed by atoms with Gasteiger partial charge in [-0.05, 0) is 49.7 Å². The van der Waals surface area contributed by atoms with E-state index in [0.29, 0.717) is 15.8 Å². The molecule has 0 atom stereocenters. The van der Waals surface area contributed by atoms with Crippen LogP contribution in [0.15, 0.2) is 36.4 Å². The standard InChI is InChI=1S/C17H19Cl2NO/c1-3-8-20-11-13-5-6-14(18)10-17(13)21-16-7-4-12(2)9-15(16)19/h4-7,9-10,20H,3,8,11H2,1-2H3. The molecule has 1 N–H and O–H groups in total. The molecule has 21 heavy (non-hydrogen) atoms. The summed E-state index contributed by atoms with van der Waals surface area (Å²) >= 11 is 12.3. The van der Waals surface area contributed by atoms with Gasteiger partial charge in [0, 0.05) is 17.1 Å². The van der Waals surface area contributed by atoms with Crippen LogP contribution in [0.5, 0.6) is 11.5 Å². The Hall–Kier alpha value is -1.22. The molecule has 0 spiro atoms. The summed E-state index contributed by atoms with van der Waals surface area (Å²) < 4.78 is 5.95. The van der Waals surface area contributed by atoms with Gasteiger partial charge in [0.2, 0.25) is 0 Å². The average Bonchev–Trinajstić information content (AvgIpc) is 2.44. The van der Waals surface area contributed by atoms with Crippen LogP contribution < -0.4 is 10.1 Å². The highest BCUT2D eigenvalue weighted by atomic mass is 35.5. The first kappa shape index (κ1) is 16.2. The minimum absolute atomic E-state index is 0.599. The molecule has 0 aromatic heterocycles. The highest BCUT2D eigenvalue weighted by Gasteiger charge is 2.09. The van der Waals surface area contributed by atoms with Gasteiger partial charge in [-0.2, -0.15) is 0 Å². The molecule has 0 unspecified atom stereocenters. The molecule has 2 aromatic rings. The van der Waals surface area contributed by atoms with Crippen molar-refractivity contribution in [2.75, 3.05) is 6.54 Å². The van der Waals surface area contributed by atoms with Crippen molar-refractivity contribution in [3.05, 3.63) is 57.6 Å². The zero-order valence-corrected chi connectivity index (χ0v) is 13.8.